The summed E-state index contributed by atoms with van der Waals surface area (Å²) in [6, 6.07) is 0. The summed E-state index contributed by atoms with van der Waals surface area (Å²) < 4.78 is 4.88. The van der Waals surface area contributed by atoms with Crippen molar-refractivity contribution >= 4 is 0 Å². The molecule has 0 radical (unpaired) electrons. The minimum Gasteiger partial charge on any atom is -0.390 e. The molecular weight excluding hydrogens is 108 g/mol. The number of aliphatic hydroxyl groups excluding tert-OH is 2. The van der Waals surface area contributed by atoms with Crippen LogP contribution >= 0.6 is 0 Å². The molecule has 1 saturated heterocycles. The fourth-order valence-electron chi connectivity index (χ4n) is 1.27. The maximum atomic E-state index is 8.92. The van der Waals surface area contributed by atoms with E-state index in [0.717, 1.165) is 0 Å². The molecule has 2 rings (SSSR count). The third kappa shape index (κ3) is 0.438. The molecule has 3 nitrogen and oxygen atoms in total. The summed E-state index contributed by atoms with van der Waals surface area (Å²) in [7, 11) is 0. The predicted octanol–water partition coefficient (Wildman–Crippen LogP) is -1.12. The molecule has 0 amide bonds. The van der Waals surface area contributed by atoms with Crippen LogP contribution in [0, 0.1) is 0 Å². The second kappa shape index (κ2) is 1.23. The van der Waals surface area contributed by atoms with Gasteiger partial charge in [0.05, 0.1) is 12.2 Å². The van der Waals surface area contributed by atoms with Crippen molar-refractivity contribution in [2.75, 3.05) is 0 Å². The van der Waals surface area contributed by atoms with E-state index in [9.17, 15) is 0 Å². The summed E-state index contributed by atoms with van der Waals surface area (Å²) in [6.45, 7) is 0. The first-order valence-electron chi connectivity index (χ1n) is 2.80. The monoisotopic (exact) mass is 116 g/mol. The number of ether oxygens (including phenoxy) is 1. The Bertz CT molecular complexity index is 98.2. The van der Waals surface area contributed by atoms with Gasteiger partial charge in [-0.25, -0.2) is 0 Å². The number of hydrogen-bond donors (Lipinski definition) is 2. The van der Waals surface area contributed by atoms with E-state index in [-0.39, 0.29) is 12.2 Å². The topological polar surface area (TPSA) is 53.0 Å². The third-order valence-electron chi connectivity index (χ3n) is 1.80. The molecule has 3 heteroatoms. The van der Waals surface area contributed by atoms with Crippen molar-refractivity contribution in [2.45, 2.75) is 30.8 Å². The molecule has 8 heavy (non-hydrogen) atoms. The average Bonchev–Trinajstić information content (AvgIpc) is 2.35. The van der Waals surface area contributed by atoms with E-state index in [2.05, 4.69) is 0 Å². The zero-order valence-corrected chi connectivity index (χ0v) is 4.32. The molecule has 1 aliphatic carbocycles. The van der Waals surface area contributed by atoms with Crippen molar-refractivity contribution in [3.63, 3.8) is 0 Å². The van der Waals surface area contributed by atoms with Crippen LogP contribution in [0.1, 0.15) is 6.42 Å². The van der Waals surface area contributed by atoms with E-state index in [1.165, 1.54) is 0 Å². The largest absolute Gasteiger partial charge is 0.390 e. The summed E-state index contributed by atoms with van der Waals surface area (Å²) in [5.74, 6) is 0. The van der Waals surface area contributed by atoms with Crippen LogP contribution in [-0.2, 0) is 4.74 Å². The minimum atomic E-state index is -0.407. The molecule has 0 unspecified atom stereocenters. The van der Waals surface area contributed by atoms with Crippen LogP contribution in [0.3, 0.4) is 0 Å². The van der Waals surface area contributed by atoms with Crippen molar-refractivity contribution in [3.05, 3.63) is 0 Å². The fraction of sp³-hybridized carbons (Fsp3) is 1.00. The molecule has 2 N–H and O–H groups in total. The first-order chi connectivity index (χ1) is 3.79. The summed E-state index contributed by atoms with van der Waals surface area (Å²) >= 11 is 0. The van der Waals surface area contributed by atoms with Gasteiger partial charge in [-0.15, -0.1) is 0 Å². The van der Waals surface area contributed by atoms with Crippen molar-refractivity contribution in [3.8, 4) is 0 Å². The highest BCUT2D eigenvalue weighted by atomic mass is 16.6. The first kappa shape index (κ1) is 4.73. The van der Waals surface area contributed by atoms with Crippen molar-refractivity contribution < 1.29 is 14.9 Å². The standard InChI is InChI=1S/C5H8O3/c6-2-1-3(7)5-4(2)8-5/h2-7H,1H2/t2-,3+,4+,5-. The number of epoxide rings is 1. The Morgan fingerprint density at radius 2 is 1.62 bits per heavy atom. The van der Waals surface area contributed by atoms with Gasteiger partial charge in [-0.3, -0.25) is 0 Å². The number of fused-ring (bicyclic) bond motifs is 1. The Kier molecular flexibility index (Phi) is 0.730. The quantitative estimate of drug-likeness (QED) is 0.394. The molecule has 0 aromatic rings. The lowest BCUT2D eigenvalue weighted by atomic mass is 10.3. The molecule has 0 bridgehead atoms. The Morgan fingerprint density at radius 3 is 1.75 bits per heavy atom. The zero-order valence-electron chi connectivity index (χ0n) is 4.32. The van der Waals surface area contributed by atoms with Gasteiger partial charge in [0.15, 0.2) is 0 Å². The molecule has 2 fully saturated rings. The first-order valence-corrected chi connectivity index (χ1v) is 2.80. The van der Waals surface area contributed by atoms with Crippen LogP contribution in [0.2, 0.25) is 0 Å². The molecule has 46 valence electrons. The van der Waals surface area contributed by atoms with Crippen molar-refractivity contribution in [2.24, 2.45) is 0 Å². The van der Waals surface area contributed by atoms with E-state index >= 15 is 0 Å². The SMILES string of the molecule is O[C@@H]1C[C@H](O)[C@H]2O[C@H]21. The molecule has 0 spiro atoms. The maximum Gasteiger partial charge on any atom is 0.113 e. The molecule has 0 aromatic carbocycles. The summed E-state index contributed by atoms with van der Waals surface area (Å²) in [5.41, 5.74) is 0. The minimum absolute atomic E-state index is 0.0370. The number of aliphatic hydroxyl groups is 2. The van der Waals surface area contributed by atoms with Gasteiger partial charge >= 0.3 is 0 Å². The second-order valence-corrected chi connectivity index (χ2v) is 2.44. The highest BCUT2D eigenvalue weighted by molar-refractivity contribution is 5.03. The number of rotatable bonds is 0. The Hall–Kier alpha value is -0.120. The van der Waals surface area contributed by atoms with Gasteiger partial charge < -0.3 is 14.9 Å². The Balaban J connectivity index is 2.09. The van der Waals surface area contributed by atoms with Gasteiger partial charge in [0, 0.05) is 6.42 Å². The average molecular weight is 116 g/mol. The van der Waals surface area contributed by atoms with Crippen molar-refractivity contribution in [1.29, 1.82) is 0 Å². The van der Waals surface area contributed by atoms with E-state index < -0.39 is 12.2 Å². The van der Waals surface area contributed by atoms with Gasteiger partial charge in [0.2, 0.25) is 0 Å². The maximum absolute atomic E-state index is 8.92. The molecule has 1 aliphatic heterocycles. The molecule has 2 aliphatic rings. The molecular formula is C5H8O3. The molecule has 4 atom stereocenters. The molecule has 1 saturated carbocycles. The zero-order chi connectivity index (χ0) is 5.72. The van der Waals surface area contributed by atoms with Crippen LogP contribution in [0.4, 0.5) is 0 Å². The van der Waals surface area contributed by atoms with Crippen LogP contribution in [0.5, 0.6) is 0 Å². The van der Waals surface area contributed by atoms with Crippen LogP contribution in [0.15, 0.2) is 0 Å². The van der Waals surface area contributed by atoms with Gasteiger partial charge in [-0.1, -0.05) is 0 Å². The summed E-state index contributed by atoms with van der Waals surface area (Å²) in [4.78, 5) is 0. The number of hydrogen-bond acceptors (Lipinski definition) is 3. The second-order valence-electron chi connectivity index (χ2n) is 2.44. The van der Waals surface area contributed by atoms with Crippen LogP contribution in [0.25, 0.3) is 0 Å². The van der Waals surface area contributed by atoms with Crippen LogP contribution in [-0.4, -0.2) is 34.6 Å². The normalized spacial score (nSPS) is 60.8. The molecule has 1 heterocycles. The smallest absolute Gasteiger partial charge is 0.113 e. The van der Waals surface area contributed by atoms with E-state index in [1.54, 1.807) is 0 Å². The van der Waals surface area contributed by atoms with Crippen LogP contribution < -0.4 is 0 Å². The Morgan fingerprint density at radius 1 is 1.12 bits per heavy atom. The molecule has 0 aromatic heterocycles. The lowest BCUT2D eigenvalue weighted by molar-refractivity contribution is 0.0512. The lowest BCUT2D eigenvalue weighted by Gasteiger charge is -2.03. The third-order valence-corrected chi connectivity index (χ3v) is 1.80. The summed E-state index contributed by atoms with van der Waals surface area (Å²) in [6.07, 6.45) is -0.394. The summed E-state index contributed by atoms with van der Waals surface area (Å²) in [5, 5.41) is 17.8. The highest BCUT2D eigenvalue weighted by Crippen LogP contribution is 2.38. The van der Waals surface area contributed by atoms with Gasteiger partial charge in [-0.05, 0) is 0 Å². The fourth-order valence-corrected chi connectivity index (χ4v) is 1.27. The van der Waals surface area contributed by atoms with E-state index in [1.807, 2.05) is 0 Å². The van der Waals surface area contributed by atoms with Gasteiger partial charge in [0.25, 0.3) is 0 Å². The van der Waals surface area contributed by atoms with Gasteiger partial charge in [-0.2, -0.15) is 0 Å². The van der Waals surface area contributed by atoms with E-state index in [0.29, 0.717) is 6.42 Å². The highest BCUT2D eigenvalue weighted by Gasteiger charge is 2.55. The van der Waals surface area contributed by atoms with Gasteiger partial charge in [0.1, 0.15) is 12.2 Å². The lowest BCUT2D eigenvalue weighted by Crippen LogP contribution is -2.13. The van der Waals surface area contributed by atoms with Crippen molar-refractivity contribution in [1.82, 2.24) is 0 Å². The Labute approximate surface area is 46.9 Å². The predicted molar refractivity (Wildman–Crippen MR) is 25.3 cm³/mol. The van der Waals surface area contributed by atoms with E-state index in [4.69, 9.17) is 14.9 Å².